The molecule has 0 saturated heterocycles. The standard InChI is InChI=1S/C7H7BrO.CO2/c8-9-6-7-4-2-1-3-5-7;2-1-3/h1-5H,6H2;. The molecule has 3 nitrogen and oxygen atoms in total. The van der Waals surface area contributed by atoms with E-state index in [0.29, 0.717) is 6.61 Å². The van der Waals surface area contributed by atoms with Gasteiger partial charge in [0.05, 0.1) is 22.9 Å². The summed E-state index contributed by atoms with van der Waals surface area (Å²) in [6.07, 6.45) is 0.250. The van der Waals surface area contributed by atoms with Gasteiger partial charge in [-0.2, -0.15) is 9.59 Å². The monoisotopic (exact) mass is 230 g/mol. The first-order valence-electron chi connectivity index (χ1n) is 3.12. The quantitative estimate of drug-likeness (QED) is 0.780. The van der Waals surface area contributed by atoms with E-state index in [-0.39, 0.29) is 6.15 Å². The summed E-state index contributed by atoms with van der Waals surface area (Å²) in [6, 6.07) is 9.99. The molecule has 64 valence electrons. The first-order chi connectivity index (χ1) is 5.85. The summed E-state index contributed by atoms with van der Waals surface area (Å²) in [4.78, 5) is 16.2. The highest BCUT2D eigenvalue weighted by Crippen LogP contribution is 2.01. The summed E-state index contributed by atoms with van der Waals surface area (Å²) < 4.78 is 4.74. The topological polar surface area (TPSA) is 43.4 Å². The third kappa shape index (κ3) is 5.80. The highest BCUT2D eigenvalue weighted by molar-refractivity contribution is 9.06. The first-order valence-corrected chi connectivity index (χ1v) is 3.76. The second-order valence-corrected chi connectivity index (χ2v) is 2.28. The molecule has 0 atom stereocenters. The van der Waals surface area contributed by atoms with E-state index in [1.807, 2.05) is 30.3 Å². The van der Waals surface area contributed by atoms with E-state index in [2.05, 4.69) is 16.3 Å². The van der Waals surface area contributed by atoms with Crippen LogP contribution in [0.15, 0.2) is 30.3 Å². The molecule has 0 bridgehead atoms. The van der Waals surface area contributed by atoms with Gasteiger partial charge in [0.25, 0.3) is 0 Å². The van der Waals surface area contributed by atoms with E-state index in [4.69, 9.17) is 13.4 Å². The Morgan fingerprint density at radius 2 is 1.75 bits per heavy atom. The lowest BCUT2D eigenvalue weighted by Gasteiger charge is -1.93. The number of halogens is 1. The van der Waals surface area contributed by atoms with Crippen molar-refractivity contribution in [1.29, 1.82) is 0 Å². The van der Waals surface area contributed by atoms with Crippen LogP contribution in [0.4, 0.5) is 0 Å². The molecule has 12 heavy (non-hydrogen) atoms. The van der Waals surface area contributed by atoms with Crippen molar-refractivity contribution >= 4 is 22.4 Å². The summed E-state index contributed by atoms with van der Waals surface area (Å²) >= 11 is 2.89. The molecule has 0 aliphatic carbocycles. The van der Waals surface area contributed by atoms with Crippen LogP contribution in [0, 0.1) is 0 Å². The van der Waals surface area contributed by atoms with Crippen LogP contribution in [0.25, 0.3) is 0 Å². The zero-order valence-corrected chi connectivity index (χ0v) is 7.78. The van der Waals surface area contributed by atoms with Gasteiger partial charge in [0.1, 0.15) is 0 Å². The minimum atomic E-state index is 0.250. The Hall–Kier alpha value is -0.960. The average molecular weight is 231 g/mol. The maximum atomic E-state index is 8.12. The Labute approximate surface area is 78.8 Å². The summed E-state index contributed by atoms with van der Waals surface area (Å²) in [7, 11) is 0. The van der Waals surface area contributed by atoms with E-state index >= 15 is 0 Å². The maximum Gasteiger partial charge on any atom is 0.373 e. The minimum absolute atomic E-state index is 0.250. The lowest BCUT2D eigenvalue weighted by Crippen LogP contribution is -1.79. The lowest BCUT2D eigenvalue weighted by molar-refractivity contribution is -0.191. The van der Waals surface area contributed by atoms with E-state index < -0.39 is 0 Å². The predicted molar refractivity (Wildman–Crippen MR) is 45.2 cm³/mol. The van der Waals surface area contributed by atoms with E-state index in [0.717, 1.165) is 0 Å². The van der Waals surface area contributed by atoms with E-state index in [1.165, 1.54) is 5.56 Å². The molecule has 0 aliphatic heterocycles. The van der Waals surface area contributed by atoms with Gasteiger partial charge < -0.3 is 3.83 Å². The molecule has 1 rings (SSSR count). The Bertz CT molecular complexity index is 229. The molecule has 0 aromatic heterocycles. The van der Waals surface area contributed by atoms with Crippen LogP contribution < -0.4 is 0 Å². The summed E-state index contributed by atoms with van der Waals surface area (Å²) in [5, 5.41) is 0. The van der Waals surface area contributed by atoms with Crippen molar-refractivity contribution in [2.24, 2.45) is 0 Å². The van der Waals surface area contributed by atoms with Gasteiger partial charge in [-0.3, -0.25) is 0 Å². The molecule has 0 fully saturated rings. The summed E-state index contributed by atoms with van der Waals surface area (Å²) in [5.41, 5.74) is 1.18. The highest BCUT2D eigenvalue weighted by atomic mass is 79.9. The molecular weight excluding hydrogens is 224 g/mol. The van der Waals surface area contributed by atoms with Crippen molar-refractivity contribution in [1.82, 2.24) is 0 Å². The molecule has 0 saturated carbocycles. The smallest absolute Gasteiger partial charge is 0.303 e. The van der Waals surface area contributed by atoms with Gasteiger partial charge in [0.2, 0.25) is 0 Å². The van der Waals surface area contributed by atoms with Gasteiger partial charge >= 0.3 is 6.15 Å². The zero-order valence-electron chi connectivity index (χ0n) is 6.20. The molecule has 0 aliphatic rings. The second kappa shape index (κ2) is 8.14. The van der Waals surface area contributed by atoms with Crippen LogP contribution >= 0.6 is 16.3 Å². The Balaban J connectivity index is 0.000000354. The molecule has 0 amide bonds. The number of hydrogen-bond donors (Lipinski definition) is 0. The molecule has 1 aromatic rings. The molecular formula is C8H7BrO3. The largest absolute Gasteiger partial charge is 0.373 e. The van der Waals surface area contributed by atoms with Gasteiger partial charge in [-0.15, -0.1) is 0 Å². The number of hydrogen-bond acceptors (Lipinski definition) is 3. The van der Waals surface area contributed by atoms with Gasteiger partial charge in [0, 0.05) is 0 Å². The van der Waals surface area contributed by atoms with Crippen molar-refractivity contribution in [2.75, 3.05) is 0 Å². The Kier molecular flexibility index (Phi) is 7.49. The fourth-order valence-electron chi connectivity index (χ4n) is 0.637. The molecule has 4 heteroatoms. The van der Waals surface area contributed by atoms with Crippen molar-refractivity contribution in [2.45, 2.75) is 6.61 Å². The van der Waals surface area contributed by atoms with Gasteiger partial charge in [-0.1, -0.05) is 30.3 Å². The second-order valence-electron chi connectivity index (χ2n) is 1.82. The first kappa shape index (κ1) is 11.0. The predicted octanol–water partition coefficient (Wildman–Crippen LogP) is 1.93. The third-order valence-electron chi connectivity index (χ3n) is 1.06. The zero-order chi connectivity index (χ0) is 9.23. The van der Waals surface area contributed by atoms with Crippen LogP contribution in [0.3, 0.4) is 0 Å². The van der Waals surface area contributed by atoms with E-state index in [1.54, 1.807) is 0 Å². The number of rotatable bonds is 2. The fraction of sp³-hybridized carbons (Fsp3) is 0.125. The Morgan fingerprint density at radius 1 is 1.25 bits per heavy atom. The van der Waals surface area contributed by atoms with Crippen LogP contribution in [0.2, 0.25) is 0 Å². The van der Waals surface area contributed by atoms with Crippen LogP contribution in [-0.2, 0) is 20.0 Å². The third-order valence-corrected chi connectivity index (χ3v) is 1.29. The summed E-state index contributed by atoms with van der Waals surface area (Å²) in [5.74, 6) is 0. The molecule has 0 heterocycles. The van der Waals surface area contributed by atoms with Gasteiger partial charge in [-0.25, -0.2) is 0 Å². The molecule has 0 unspecified atom stereocenters. The van der Waals surface area contributed by atoms with Crippen molar-refractivity contribution in [3.05, 3.63) is 35.9 Å². The van der Waals surface area contributed by atoms with Crippen molar-refractivity contribution in [3.63, 3.8) is 0 Å². The lowest BCUT2D eigenvalue weighted by atomic mass is 10.2. The molecule has 1 aromatic carbocycles. The fourth-order valence-corrected chi connectivity index (χ4v) is 0.902. The van der Waals surface area contributed by atoms with Crippen LogP contribution in [0.1, 0.15) is 5.56 Å². The minimum Gasteiger partial charge on any atom is -0.303 e. The van der Waals surface area contributed by atoms with Crippen LogP contribution in [0.5, 0.6) is 0 Å². The SMILES string of the molecule is BrOCc1ccccc1.O=C=O. The summed E-state index contributed by atoms with van der Waals surface area (Å²) in [6.45, 7) is 0.626. The average Bonchev–Trinajstić information content (AvgIpc) is 2.08. The maximum absolute atomic E-state index is 8.12. The van der Waals surface area contributed by atoms with Crippen LogP contribution in [-0.4, -0.2) is 6.15 Å². The number of carbonyl (C=O) groups excluding carboxylic acids is 2. The van der Waals surface area contributed by atoms with E-state index in [9.17, 15) is 0 Å². The van der Waals surface area contributed by atoms with Crippen molar-refractivity contribution < 1.29 is 13.4 Å². The number of benzene rings is 1. The highest BCUT2D eigenvalue weighted by Gasteiger charge is 1.85. The van der Waals surface area contributed by atoms with Gasteiger partial charge in [-0.05, 0) is 5.56 Å². The molecule has 0 spiro atoms. The normalized spacial score (nSPS) is 7.75. The van der Waals surface area contributed by atoms with Crippen molar-refractivity contribution in [3.8, 4) is 0 Å². The molecule has 0 N–H and O–H groups in total. The Morgan fingerprint density at radius 3 is 2.17 bits per heavy atom. The molecule has 0 radical (unpaired) electrons. The van der Waals surface area contributed by atoms with Gasteiger partial charge in [0.15, 0.2) is 0 Å².